The molecule has 130 valence electrons. The molecule has 1 aliphatic rings. The summed E-state index contributed by atoms with van der Waals surface area (Å²) in [6, 6.07) is 6.95. The molecule has 0 spiro atoms. The number of hydrogen-bond acceptors (Lipinski definition) is 7. The summed E-state index contributed by atoms with van der Waals surface area (Å²) >= 11 is 0. The van der Waals surface area contributed by atoms with Crippen LogP contribution in [-0.4, -0.2) is 47.2 Å². The first-order valence-corrected chi connectivity index (χ1v) is 8.51. The van der Waals surface area contributed by atoms with Gasteiger partial charge in [0.15, 0.2) is 0 Å². The lowest BCUT2D eigenvalue weighted by Gasteiger charge is -2.35. The molecule has 2 aromatic heterocycles. The van der Waals surface area contributed by atoms with Crippen LogP contribution in [0.3, 0.4) is 0 Å². The van der Waals surface area contributed by atoms with E-state index in [1.807, 2.05) is 19.9 Å². The molecule has 7 nitrogen and oxygen atoms in total. The topological polar surface area (TPSA) is 67.5 Å². The maximum Gasteiger partial charge on any atom is 0.297 e. The number of rotatable bonds is 4. The third kappa shape index (κ3) is 3.22. The van der Waals surface area contributed by atoms with Crippen LogP contribution in [0.2, 0.25) is 0 Å². The number of piperazine rings is 1. The number of nitrogens with zero attached hydrogens (tertiary/aromatic N) is 5. The van der Waals surface area contributed by atoms with Gasteiger partial charge in [-0.1, -0.05) is 0 Å². The van der Waals surface area contributed by atoms with Crippen LogP contribution in [0.1, 0.15) is 13.8 Å². The van der Waals surface area contributed by atoms with Crippen LogP contribution >= 0.6 is 0 Å². The minimum atomic E-state index is 0.0751. The molecule has 0 unspecified atom stereocenters. The molecule has 0 bridgehead atoms. The standard InChI is InChI=1S/C18H21N5O2/c1-13(2)25-17-15-11-14(3-4-16(15)20-12-21-17)22-6-8-23(9-7-22)18-19-5-10-24-18/h3-5,10-13H,6-9H2,1-2H3. The predicted molar refractivity (Wildman–Crippen MR) is 96.2 cm³/mol. The van der Waals surface area contributed by atoms with Crippen molar-refractivity contribution in [1.29, 1.82) is 0 Å². The Balaban J connectivity index is 1.55. The van der Waals surface area contributed by atoms with Crippen molar-refractivity contribution in [2.24, 2.45) is 0 Å². The van der Waals surface area contributed by atoms with Crippen molar-refractivity contribution in [1.82, 2.24) is 15.0 Å². The molecule has 1 aliphatic heterocycles. The van der Waals surface area contributed by atoms with Crippen LogP contribution in [0.25, 0.3) is 10.9 Å². The quantitative estimate of drug-likeness (QED) is 0.724. The number of ether oxygens (including phenoxy) is 1. The predicted octanol–water partition coefficient (Wildman–Crippen LogP) is 2.73. The van der Waals surface area contributed by atoms with Crippen molar-refractivity contribution in [2.45, 2.75) is 20.0 Å². The summed E-state index contributed by atoms with van der Waals surface area (Å²) in [4.78, 5) is 17.4. The average Bonchev–Trinajstić information content (AvgIpc) is 3.16. The number of oxazole rings is 1. The van der Waals surface area contributed by atoms with Crippen molar-refractivity contribution in [2.75, 3.05) is 36.0 Å². The number of anilines is 2. The zero-order valence-electron chi connectivity index (χ0n) is 14.4. The lowest BCUT2D eigenvalue weighted by molar-refractivity contribution is 0.235. The van der Waals surface area contributed by atoms with Crippen LogP contribution in [0.15, 0.2) is 41.4 Å². The van der Waals surface area contributed by atoms with E-state index >= 15 is 0 Å². The van der Waals surface area contributed by atoms with E-state index in [9.17, 15) is 0 Å². The average molecular weight is 339 g/mol. The van der Waals surface area contributed by atoms with Crippen molar-refractivity contribution < 1.29 is 9.15 Å². The van der Waals surface area contributed by atoms with E-state index in [-0.39, 0.29) is 6.10 Å². The van der Waals surface area contributed by atoms with Crippen molar-refractivity contribution in [3.8, 4) is 5.88 Å². The largest absolute Gasteiger partial charge is 0.474 e. The fourth-order valence-corrected chi connectivity index (χ4v) is 3.06. The Morgan fingerprint density at radius 2 is 1.84 bits per heavy atom. The Kier molecular flexibility index (Phi) is 4.13. The number of hydrogen-bond donors (Lipinski definition) is 0. The molecule has 0 atom stereocenters. The van der Waals surface area contributed by atoms with E-state index in [4.69, 9.17) is 9.15 Å². The zero-order chi connectivity index (χ0) is 17.2. The zero-order valence-corrected chi connectivity index (χ0v) is 14.4. The van der Waals surface area contributed by atoms with Gasteiger partial charge < -0.3 is 19.0 Å². The normalized spacial score (nSPS) is 15.2. The van der Waals surface area contributed by atoms with Gasteiger partial charge in [-0.25, -0.2) is 15.0 Å². The fraction of sp³-hybridized carbons (Fsp3) is 0.389. The minimum absolute atomic E-state index is 0.0751. The highest BCUT2D eigenvalue weighted by Crippen LogP contribution is 2.28. The Labute approximate surface area is 146 Å². The molecule has 3 heterocycles. The highest BCUT2D eigenvalue weighted by atomic mass is 16.5. The summed E-state index contributed by atoms with van der Waals surface area (Å²) in [5, 5.41) is 0.948. The second-order valence-corrected chi connectivity index (χ2v) is 6.34. The summed E-state index contributed by atoms with van der Waals surface area (Å²) in [5.74, 6) is 0.639. The summed E-state index contributed by atoms with van der Waals surface area (Å²) in [6.45, 7) is 7.56. The summed E-state index contributed by atoms with van der Waals surface area (Å²) < 4.78 is 11.2. The lowest BCUT2D eigenvalue weighted by atomic mass is 10.2. The lowest BCUT2D eigenvalue weighted by Crippen LogP contribution is -2.46. The van der Waals surface area contributed by atoms with Crippen molar-refractivity contribution in [3.05, 3.63) is 37.0 Å². The molecule has 1 fully saturated rings. The van der Waals surface area contributed by atoms with Gasteiger partial charge in [0.25, 0.3) is 6.01 Å². The first-order valence-electron chi connectivity index (χ1n) is 8.51. The van der Waals surface area contributed by atoms with Gasteiger partial charge in [-0.2, -0.15) is 0 Å². The van der Waals surface area contributed by atoms with E-state index < -0.39 is 0 Å². The molecule has 0 saturated carbocycles. The molecule has 0 amide bonds. The summed E-state index contributed by atoms with van der Waals surface area (Å²) in [5.41, 5.74) is 2.05. The SMILES string of the molecule is CC(C)Oc1ncnc2ccc(N3CCN(c4ncco4)CC3)cc12. The Bertz CT molecular complexity index is 842. The van der Waals surface area contributed by atoms with Gasteiger partial charge >= 0.3 is 0 Å². The monoisotopic (exact) mass is 339 g/mol. The van der Waals surface area contributed by atoms with E-state index in [1.165, 1.54) is 0 Å². The molecule has 1 aromatic carbocycles. The number of benzene rings is 1. The molecular weight excluding hydrogens is 318 g/mol. The third-order valence-electron chi connectivity index (χ3n) is 4.26. The second-order valence-electron chi connectivity index (χ2n) is 6.34. The highest BCUT2D eigenvalue weighted by Gasteiger charge is 2.20. The van der Waals surface area contributed by atoms with E-state index in [0.29, 0.717) is 11.9 Å². The number of fused-ring (bicyclic) bond motifs is 1. The van der Waals surface area contributed by atoms with E-state index in [1.54, 1.807) is 18.8 Å². The van der Waals surface area contributed by atoms with Crippen LogP contribution in [0, 0.1) is 0 Å². The smallest absolute Gasteiger partial charge is 0.297 e. The Morgan fingerprint density at radius 1 is 1.04 bits per heavy atom. The fourth-order valence-electron chi connectivity index (χ4n) is 3.06. The van der Waals surface area contributed by atoms with Crippen LogP contribution in [0.5, 0.6) is 5.88 Å². The van der Waals surface area contributed by atoms with E-state index in [0.717, 1.165) is 42.8 Å². The first kappa shape index (κ1) is 15.7. The molecular formula is C18H21N5O2. The van der Waals surface area contributed by atoms with Crippen molar-refractivity contribution in [3.63, 3.8) is 0 Å². The van der Waals surface area contributed by atoms with E-state index in [2.05, 4.69) is 36.9 Å². The van der Waals surface area contributed by atoms with Gasteiger partial charge in [0.1, 0.15) is 12.6 Å². The molecule has 0 N–H and O–H groups in total. The first-order chi connectivity index (χ1) is 12.2. The molecule has 0 aliphatic carbocycles. The van der Waals surface area contributed by atoms with Crippen LogP contribution < -0.4 is 14.5 Å². The van der Waals surface area contributed by atoms with Gasteiger partial charge in [0.2, 0.25) is 5.88 Å². The van der Waals surface area contributed by atoms with Gasteiger partial charge in [-0.05, 0) is 32.0 Å². The molecule has 7 heteroatoms. The van der Waals surface area contributed by atoms with Gasteiger partial charge in [-0.3, -0.25) is 0 Å². The van der Waals surface area contributed by atoms with Crippen LogP contribution in [-0.2, 0) is 0 Å². The van der Waals surface area contributed by atoms with Gasteiger partial charge in [0.05, 0.1) is 23.2 Å². The van der Waals surface area contributed by atoms with Gasteiger partial charge in [0, 0.05) is 31.9 Å². The maximum absolute atomic E-state index is 5.84. The molecule has 25 heavy (non-hydrogen) atoms. The summed E-state index contributed by atoms with van der Waals surface area (Å²) in [7, 11) is 0. The molecule has 0 radical (unpaired) electrons. The van der Waals surface area contributed by atoms with Gasteiger partial charge in [-0.15, -0.1) is 0 Å². The number of aromatic nitrogens is 3. The maximum atomic E-state index is 5.84. The van der Waals surface area contributed by atoms with Crippen LogP contribution in [0.4, 0.5) is 11.7 Å². The molecule has 3 aromatic rings. The summed E-state index contributed by atoms with van der Waals surface area (Å²) in [6.07, 6.45) is 4.92. The third-order valence-corrected chi connectivity index (χ3v) is 4.26. The van der Waals surface area contributed by atoms with Crippen molar-refractivity contribution >= 4 is 22.6 Å². The molecule has 4 rings (SSSR count). The Morgan fingerprint density at radius 3 is 2.56 bits per heavy atom. The molecule has 1 saturated heterocycles. The second kappa shape index (κ2) is 6.58. The Hall–Kier alpha value is -2.83. The highest BCUT2D eigenvalue weighted by molar-refractivity contribution is 5.86. The minimum Gasteiger partial charge on any atom is -0.474 e.